The predicted octanol–water partition coefficient (Wildman–Crippen LogP) is 3.65. The van der Waals surface area contributed by atoms with Crippen molar-refractivity contribution in [2.24, 2.45) is 0 Å². The van der Waals surface area contributed by atoms with Crippen molar-refractivity contribution in [3.05, 3.63) is 75.6 Å². The second-order valence-corrected chi connectivity index (χ2v) is 10.5. The number of hydrogen-bond acceptors (Lipinski definition) is 8. The third kappa shape index (κ3) is 5.41. The summed E-state index contributed by atoms with van der Waals surface area (Å²) in [7, 11) is 0. The van der Waals surface area contributed by atoms with E-state index in [0.29, 0.717) is 65.5 Å². The van der Waals surface area contributed by atoms with Crippen LogP contribution < -0.4 is 15.4 Å². The molecule has 2 aliphatic heterocycles. The van der Waals surface area contributed by atoms with E-state index in [9.17, 15) is 9.59 Å². The molecule has 1 amide bonds. The van der Waals surface area contributed by atoms with Crippen LogP contribution in [-0.2, 0) is 9.53 Å². The first-order valence-electron chi connectivity index (χ1n) is 12.5. The molecule has 3 aromatic rings. The molecule has 2 aliphatic rings. The lowest BCUT2D eigenvalue weighted by atomic mass is 10.2. The first-order valence-corrected chi connectivity index (χ1v) is 13.7. The Balaban J connectivity index is 1.45. The lowest BCUT2D eigenvalue weighted by Gasteiger charge is -2.37. The van der Waals surface area contributed by atoms with Gasteiger partial charge in [0, 0.05) is 57.8 Å². The number of carbonyl (C=O) groups excluding carboxylic acids is 1. The summed E-state index contributed by atoms with van der Waals surface area (Å²) in [6.07, 6.45) is 4.08. The summed E-state index contributed by atoms with van der Waals surface area (Å²) < 4.78 is 7.42. The second-order valence-electron chi connectivity index (χ2n) is 8.78. The summed E-state index contributed by atoms with van der Waals surface area (Å²) in [6.45, 7) is 6.68. The SMILES string of the molecule is CCOCCCN1C(=O)/C(=C/c2c(N3CCN(c4ccccc4)CC3)nc3ccccn3c2=O)SC1=S. The van der Waals surface area contributed by atoms with Crippen molar-refractivity contribution in [3.63, 3.8) is 0 Å². The number of nitrogens with zero attached hydrogens (tertiary/aromatic N) is 5. The van der Waals surface area contributed by atoms with Gasteiger partial charge in [-0.15, -0.1) is 0 Å². The Labute approximate surface area is 225 Å². The molecule has 37 heavy (non-hydrogen) atoms. The predicted molar refractivity (Wildman–Crippen MR) is 153 cm³/mol. The van der Waals surface area contributed by atoms with Crippen LogP contribution in [0.3, 0.4) is 0 Å². The molecule has 8 nitrogen and oxygen atoms in total. The summed E-state index contributed by atoms with van der Waals surface area (Å²) in [5.41, 5.74) is 1.97. The van der Waals surface area contributed by atoms with Crippen molar-refractivity contribution in [2.45, 2.75) is 13.3 Å². The zero-order valence-corrected chi connectivity index (χ0v) is 22.3. The Hall–Kier alpha value is -3.21. The molecule has 5 rings (SSSR count). The number of thioether (sulfide) groups is 1. The first-order chi connectivity index (χ1) is 18.1. The van der Waals surface area contributed by atoms with Gasteiger partial charge in [-0.1, -0.05) is 48.2 Å². The van der Waals surface area contributed by atoms with E-state index >= 15 is 0 Å². The maximum atomic E-state index is 13.6. The quantitative estimate of drug-likeness (QED) is 0.246. The molecule has 0 N–H and O–H groups in total. The summed E-state index contributed by atoms with van der Waals surface area (Å²) >= 11 is 6.72. The van der Waals surface area contributed by atoms with E-state index in [1.54, 1.807) is 23.2 Å². The Morgan fingerprint density at radius 3 is 2.51 bits per heavy atom. The maximum Gasteiger partial charge on any atom is 0.267 e. The third-order valence-corrected chi connectivity index (χ3v) is 7.85. The topological polar surface area (TPSA) is 70.4 Å². The first kappa shape index (κ1) is 25.4. The lowest BCUT2D eigenvalue weighted by Crippen LogP contribution is -2.47. The van der Waals surface area contributed by atoms with Crippen LogP contribution in [0.25, 0.3) is 11.7 Å². The highest BCUT2D eigenvalue weighted by molar-refractivity contribution is 8.26. The van der Waals surface area contributed by atoms with E-state index in [1.165, 1.54) is 21.8 Å². The second kappa shape index (κ2) is 11.5. The Bertz CT molecular complexity index is 1380. The molecule has 2 saturated heterocycles. The molecular weight excluding hydrogens is 506 g/mol. The number of ether oxygens (including phenoxy) is 1. The molecule has 10 heteroatoms. The van der Waals surface area contributed by atoms with Gasteiger partial charge < -0.3 is 14.5 Å². The molecule has 2 aromatic heterocycles. The van der Waals surface area contributed by atoms with Gasteiger partial charge >= 0.3 is 0 Å². The third-order valence-electron chi connectivity index (χ3n) is 6.47. The van der Waals surface area contributed by atoms with E-state index in [2.05, 4.69) is 21.9 Å². The molecule has 192 valence electrons. The fourth-order valence-corrected chi connectivity index (χ4v) is 5.86. The van der Waals surface area contributed by atoms with Crippen LogP contribution in [0.15, 0.2) is 64.4 Å². The molecule has 0 aliphatic carbocycles. The van der Waals surface area contributed by atoms with E-state index < -0.39 is 0 Å². The van der Waals surface area contributed by atoms with Crippen LogP contribution in [0, 0.1) is 0 Å². The van der Waals surface area contributed by atoms with Crippen LogP contribution in [0.4, 0.5) is 11.5 Å². The van der Waals surface area contributed by atoms with E-state index in [-0.39, 0.29) is 11.5 Å². The molecule has 0 atom stereocenters. The molecule has 0 spiro atoms. The number of anilines is 2. The Kier molecular flexibility index (Phi) is 7.87. The molecule has 0 radical (unpaired) electrons. The maximum absolute atomic E-state index is 13.6. The van der Waals surface area contributed by atoms with Crippen molar-refractivity contribution in [1.82, 2.24) is 14.3 Å². The molecule has 0 unspecified atom stereocenters. The zero-order valence-electron chi connectivity index (χ0n) is 20.7. The van der Waals surface area contributed by atoms with Crippen LogP contribution >= 0.6 is 24.0 Å². The zero-order chi connectivity index (χ0) is 25.8. The highest BCUT2D eigenvalue weighted by atomic mass is 32.2. The van der Waals surface area contributed by atoms with Gasteiger partial charge in [0.15, 0.2) is 0 Å². The minimum absolute atomic E-state index is 0.177. The minimum Gasteiger partial charge on any atom is -0.382 e. The van der Waals surface area contributed by atoms with Gasteiger partial charge in [-0.25, -0.2) is 4.98 Å². The average molecular weight is 536 g/mol. The van der Waals surface area contributed by atoms with Crippen LogP contribution in [-0.4, -0.2) is 70.4 Å². The lowest BCUT2D eigenvalue weighted by molar-refractivity contribution is -0.122. The number of carbonyl (C=O) groups is 1. The van der Waals surface area contributed by atoms with Crippen molar-refractivity contribution in [2.75, 3.05) is 55.7 Å². The van der Waals surface area contributed by atoms with Gasteiger partial charge in [0.1, 0.15) is 15.8 Å². The van der Waals surface area contributed by atoms with Gasteiger partial charge in [0.2, 0.25) is 0 Å². The standard InChI is InChI=1S/C27H29N5O3S2/c1-2-35-18-8-13-32-26(34)22(37-27(32)36)19-21-24(28-23-11-6-7-12-31(23)25(21)33)30-16-14-29(15-17-30)20-9-4-3-5-10-20/h3-7,9-12,19H,2,8,13-18H2,1H3/b22-19-. The number of amides is 1. The number of piperazine rings is 1. The number of hydrogen-bond donors (Lipinski definition) is 0. The summed E-state index contributed by atoms with van der Waals surface area (Å²) in [5, 5.41) is 0. The number of pyridine rings is 1. The number of thiocarbonyl (C=S) groups is 1. The van der Waals surface area contributed by atoms with Gasteiger partial charge in [-0.05, 0) is 43.7 Å². The van der Waals surface area contributed by atoms with Gasteiger partial charge in [-0.2, -0.15) is 0 Å². The Morgan fingerprint density at radius 2 is 1.76 bits per heavy atom. The van der Waals surface area contributed by atoms with E-state index in [4.69, 9.17) is 21.9 Å². The Morgan fingerprint density at radius 1 is 1.03 bits per heavy atom. The number of aromatic nitrogens is 2. The molecule has 1 aromatic carbocycles. The normalized spacial score (nSPS) is 17.4. The average Bonchev–Trinajstić information content (AvgIpc) is 3.20. The fraction of sp³-hybridized carbons (Fsp3) is 0.333. The number of rotatable bonds is 8. The van der Waals surface area contributed by atoms with Crippen molar-refractivity contribution >= 4 is 57.4 Å². The minimum atomic E-state index is -0.201. The highest BCUT2D eigenvalue weighted by Gasteiger charge is 2.33. The summed E-state index contributed by atoms with van der Waals surface area (Å²) in [5.74, 6) is 0.425. The number of benzene rings is 1. The van der Waals surface area contributed by atoms with Gasteiger partial charge in [-0.3, -0.25) is 18.9 Å². The molecule has 0 saturated carbocycles. The number of fused-ring (bicyclic) bond motifs is 1. The summed E-state index contributed by atoms with van der Waals surface area (Å²) in [4.78, 5) is 38.2. The highest BCUT2D eigenvalue weighted by Crippen LogP contribution is 2.34. The van der Waals surface area contributed by atoms with Gasteiger partial charge in [0.25, 0.3) is 11.5 Å². The van der Waals surface area contributed by atoms with Crippen LogP contribution in [0.1, 0.15) is 18.9 Å². The molecule has 2 fully saturated rings. The van der Waals surface area contributed by atoms with Gasteiger partial charge in [0.05, 0.1) is 10.5 Å². The smallest absolute Gasteiger partial charge is 0.267 e. The summed E-state index contributed by atoms with van der Waals surface area (Å²) in [6, 6.07) is 15.8. The fourth-order valence-electron chi connectivity index (χ4n) is 4.57. The monoisotopic (exact) mass is 535 g/mol. The molecule has 0 bridgehead atoms. The van der Waals surface area contributed by atoms with Crippen molar-refractivity contribution in [1.29, 1.82) is 0 Å². The number of para-hydroxylation sites is 1. The molecule has 4 heterocycles. The van der Waals surface area contributed by atoms with Crippen molar-refractivity contribution < 1.29 is 9.53 Å². The largest absolute Gasteiger partial charge is 0.382 e. The van der Waals surface area contributed by atoms with E-state index in [0.717, 1.165) is 13.1 Å². The van der Waals surface area contributed by atoms with E-state index in [1.807, 2.05) is 37.3 Å². The molecular formula is C27H29N5O3S2. The van der Waals surface area contributed by atoms with Crippen LogP contribution in [0.2, 0.25) is 0 Å². The van der Waals surface area contributed by atoms with Crippen molar-refractivity contribution in [3.8, 4) is 0 Å². The van der Waals surface area contributed by atoms with Crippen LogP contribution in [0.5, 0.6) is 0 Å².